The van der Waals surface area contributed by atoms with Crippen molar-refractivity contribution in [1.29, 1.82) is 0 Å². The van der Waals surface area contributed by atoms with Crippen molar-refractivity contribution in [2.45, 2.75) is 95.6 Å². The van der Waals surface area contributed by atoms with Crippen molar-refractivity contribution in [2.75, 3.05) is 57.8 Å². The maximum absolute atomic E-state index is 13.6. The van der Waals surface area contributed by atoms with Crippen LogP contribution in [0.15, 0.2) is 36.8 Å². The Morgan fingerprint density at radius 3 is 2.46 bits per heavy atom. The molecule has 2 aliphatic carbocycles. The van der Waals surface area contributed by atoms with Gasteiger partial charge in [-0.3, -0.25) is 19.6 Å². The number of halogens is 3. The van der Waals surface area contributed by atoms with Crippen molar-refractivity contribution in [2.24, 2.45) is 5.41 Å². The highest BCUT2D eigenvalue weighted by Gasteiger charge is 2.54. The Balaban J connectivity index is 0.000000353. The molecule has 5 heterocycles. The van der Waals surface area contributed by atoms with Crippen molar-refractivity contribution in [3.63, 3.8) is 0 Å². The Bertz CT molecular complexity index is 1790. The van der Waals surface area contributed by atoms with E-state index in [-0.39, 0.29) is 47.6 Å². The van der Waals surface area contributed by atoms with Crippen LogP contribution in [0.25, 0.3) is 0 Å². The number of aliphatic hydroxyl groups is 1. The summed E-state index contributed by atoms with van der Waals surface area (Å²) in [5, 5.41) is 17.9. The van der Waals surface area contributed by atoms with Crippen molar-refractivity contribution < 1.29 is 32.5 Å². The van der Waals surface area contributed by atoms with Crippen LogP contribution in [0, 0.1) is 11.2 Å². The van der Waals surface area contributed by atoms with Crippen LogP contribution in [-0.4, -0.2) is 129 Å². The number of aldehydes is 1. The Hall–Kier alpha value is -3.92. The number of fused-ring (bicyclic) bond motifs is 1. The monoisotopic (exact) mass is 752 g/mol. The minimum Gasteiger partial charge on any atom is -0.490 e. The summed E-state index contributed by atoms with van der Waals surface area (Å²) in [5.41, 5.74) is 2.08. The minimum atomic E-state index is -2.38. The molecule has 2 saturated heterocycles. The van der Waals surface area contributed by atoms with Crippen LogP contribution >= 0.6 is 0 Å². The van der Waals surface area contributed by atoms with Crippen LogP contribution < -0.4 is 14.4 Å². The van der Waals surface area contributed by atoms with E-state index in [4.69, 9.17) is 9.47 Å². The molecule has 54 heavy (non-hydrogen) atoms. The first kappa shape index (κ1) is 38.4. The fourth-order valence-electron chi connectivity index (χ4n) is 8.39. The molecule has 0 atom stereocenters. The van der Waals surface area contributed by atoms with E-state index in [0.717, 1.165) is 95.6 Å². The third kappa shape index (κ3) is 8.64. The minimum absolute atomic E-state index is 0.0433. The Labute approximate surface area is 314 Å². The standard InChI is InChI=1S/C31H36FN7O4.C8H15F2N/c1-30(41)16-38(17-30)9-2-8-37-10-6-25-24(14-37)27(5-7-33-25)42-23-12-31(13-23)18-39(19-31)28-29(36-35-20-34-28)43-26-4-3-22(32)11-21(26)15-40;1-6(2)11(3)7-4-8(9,10)5-7/h3-5,7,11,15,20,23,41H,2,6,8-10,12-14,16-19H2,1H3;6-7H,4-5H2,1-3H3. The zero-order chi connectivity index (χ0) is 38.3. The van der Waals surface area contributed by atoms with E-state index in [1.54, 1.807) is 0 Å². The second kappa shape index (κ2) is 15.3. The topological polar surface area (TPSA) is 120 Å². The number of hydrogen-bond donors (Lipinski definition) is 1. The molecule has 292 valence electrons. The van der Waals surface area contributed by atoms with Crippen molar-refractivity contribution >= 4 is 12.1 Å². The van der Waals surface area contributed by atoms with E-state index in [2.05, 4.69) is 34.9 Å². The molecule has 2 saturated carbocycles. The number of benzene rings is 1. The highest BCUT2D eigenvalue weighted by molar-refractivity contribution is 5.79. The Morgan fingerprint density at radius 1 is 1.04 bits per heavy atom. The van der Waals surface area contributed by atoms with Gasteiger partial charge in [0.2, 0.25) is 0 Å². The average Bonchev–Trinajstić information content (AvgIpc) is 3.08. The second-order valence-corrected chi connectivity index (χ2v) is 16.5. The summed E-state index contributed by atoms with van der Waals surface area (Å²) in [6, 6.07) is 6.23. The number of nitrogens with zero attached hydrogens (tertiary/aromatic N) is 8. The molecule has 2 aromatic heterocycles. The highest BCUT2D eigenvalue weighted by Crippen LogP contribution is 2.52. The lowest BCUT2D eigenvalue weighted by atomic mass is 9.61. The molecule has 4 fully saturated rings. The van der Waals surface area contributed by atoms with Crippen LogP contribution in [-0.2, 0) is 13.0 Å². The summed E-state index contributed by atoms with van der Waals surface area (Å²) in [5.74, 6) is -1.01. The fraction of sp³-hybridized carbons (Fsp3) is 0.615. The van der Waals surface area contributed by atoms with Crippen LogP contribution in [0.2, 0.25) is 0 Å². The van der Waals surface area contributed by atoms with E-state index in [1.165, 1.54) is 24.0 Å². The number of likely N-dealkylation sites (tertiary alicyclic amines) is 1. The van der Waals surface area contributed by atoms with Gasteiger partial charge in [-0.15, -0.1) is 10.2 Å². The smallest absolute Gasteiger partial charge is 0.282 e. The van der Waals surface area contributed by atoms with Crippen molar-refractivity contribution in [1.82, 2.24) is 34.9 Å². The third-order valence-electron chi connectivity index (χ3n) is 11.5. The van der Waals surface area contributed by atoms with Crippen molar-refractivity contribution in [3.05, 3.63) is 59.4 Å². The number of anilines is 1. The maximum Gasteiger partial charge on any atom is 0.282 e. The molecular weight excluding hydrogens is 701 g/mol. The molecule has 1 aromatic carbocycles. The first-order valence-corrected chi connectivity index (χ1v) is 19.0. The van der Waals surface area contributed by atoms with Gasteiger partial charge in [0.15, 0.2) is 12.1 Å². The molecule has 1 N–H and O–H groups in total. The number of hydrogen-bond acceptors (Lipinski definition) is 12. The summed E-state index contributed by atoms with van der Waals surface area (Å²) in [4.78, 5) is 29.3. The molecule has 0 amide bonds. The molecule has 5 aliphatic rings. The van der Waals surface area contributed by atoms with E-state index in [0.29, 0.717) is 18.1 Å². The largest absolute Gasteiger partial charge is 0.490 e. The zero-order valence-corrected chi connectivity index (χ0v) is 31.6. The number of β-amino-alcohol motifs (C(OH)–C–C–N with tert-alkyl or cyclic N) is 1. The van der Waals surface area contributed by atoms with Crippen molar-refractivity contribution in [3.8, 4) is 17.4 Å². The summed E-state index contributed by atoms with van der Waals surface area (Å²) < 4.78 is 50.7. The highest BCUT2D eigenvalue weighted by atomic mass is 19.3. The SMILES string of the molecule is CC(C)N(C)C1CC(F)(F)C1.CC1(O)CN(CCCN2CCc3nccc(OC4CC5(C4)CN(c4ncnnc4Oc4ccc(F)cc4C=O)C5)c3C2)C1. The average molecular weight is 753 g/mol. The van der Waals surface area contributed by atoms with Gasteiger partial charge in [-0.2, -0.15) is 0 Å². The molecule has 0 bridgehead atoms. The summed E-state index contributed by atoms with van der Waals surface area (Å²) in [7, 11) is 1.91. The Kier molecular flexibility index (Phi) is 10.9. The lowest BCUT2D eigenvalue weighted by Gasteiger charge is -2.58. The number of carbonyl (C=O) groups is 1. The zero-order valence-electron chi connectivity index (χ0n) is 31.6. The quantitative estimate of drug-likeness (QED) is 0.251. The van der Waals surface area contributed by atoms with Gasteiger partial charge in [0.05, 0.1) is 11.2 Å². The molecule has 3 aliphatic heterocycles. The van der Waals surface area contributed by atoms with Crippen LogP contribution in [0.1, 0.15) is 74.5 Å². The van der Waals surface area contributed by atoms with Gasteiger partial charge in [-0.05, 0) is 84.4 Å². The lowest BCUT2D eigenvalue weighted by molar-refractivity contribution is -0.124. The molecule has 3 aromatic rings. The van der Waals surface area contributed by atoms with Gasteiger partial charge < -0.3 is 24.4 Å². The second-order valence-electron chi connectivity index (χ2n) is 16.5. The van der Waals surface area contributed by atoms with Gasteiger partial charge >= 0.3 is 0 Å². The van der Waals surface area contributed by atoms with E-state index in [9.17, 15) is 23.1 Å². The molecule has 12 nitrogen and oxygen atoms in total. The first-order chi connectivity index (χ1) is 25.7. The van der Waals surface area contributed by atoms with E-state index >= 15 is 0 Å². The van der Waals surface area contributed by atoms with Gasteiger partial charge in [0.1, 0.15) is 29.7 Å². The third-order valence-corrected chi connectivity index (χ3v) is 11.5. The van der Waals surface area contributed by atoms with Gasteiger partial charge in [0, 0.05) is 93.5 Å². The van der Waals surface area contributed by atoms with Gasteiger partial charge in [-0.1, -0.05) is 0 Å². The van der Waals surface area contributed by atoms with E-state index < -0.39 is 17.3 Å². The number of carbonyl (C=O) groups excluding carboxylic acids is 1. The molecule has 1 spiro atoms. The fourth-order valence-corrected chi connectivity index (χ4v) is 8.39. The summed E-state index contributed by atoms with van der Waals surface area (Å²) in [6.45, 7) is 13.0. The maximum atomic E-state index is 13.6. The molecule has 15 heteroatoms. The number of aromatic nitrogens is 4. The summed E-state index contributed by atoms with van der Waals surface area (Å²) >= 11 is 0. The number of alkyl halides is 2. The van der Waals surface area contributed by atoms with Gasteiger partial charge in [0.25, 0.3) is 11.8 Å². The molecule has 0 radical (unpaired) electrons. The Morgan fingerprint density at radius 2 is 1.78 bits per heavy atom. The van der Waals surface area contributed by atoms with E-state index in [1.807, 2.05) is 45.0 Å². The predicted molar refractivity (Wildman–Crippen MR) is 196 cm³/mol. The molecule has 8 rings (SSSR count). The predicted octanol–water partition coefficient (Wildman–Crippen LogP) is 5.00. The number of pyridine rings is 1. The van der Waals surface area contributed by atoms with Gasteiger partial charge in [-0.25, -0.2) is 18.2 Å². The molecular formula is C39H51F3N8O4. The number of rotatable bonds is 12. The van der Waals surface area contributed by atoms with Crippen LogP contribution in [0.3, 0.4) is 0 Å². The normalized spacial score (nSPS) is 22.6. The number of ether oxygens (including phenoxy) is 2. The molecule has 0 unspecified atom stereocenters. The van der Waals surface area contributed by atoms with Crippen LogP contribution in [0.5, 0.6) is 17.4 Å². The lowest BCUT2D eigenvalue weighted by Crippen LogP contribution is -2.65. The van der Waals surface area contributed by atoms with Crippen LogP contribution in [0.4, 0.5) is 19.0 Å². The summed E-state index contributed by atoms with van der Waals surface area (Å²) in [6.07, 6.45) is 7.93. The first-order valence-electron chi connectivity index (χ1n) is 19.0.